The average molecular weight is 320 g/mol. The van der Waals surface area contributed by atoms with Crippen LogP contribution in [0.3, 0.4) is 0 Å². The van der Waals surface area contributed by atoms with E-state index < -0.39 is 5.60 Å². The van der Waals surface area contributed by atoms with Crippen molar-refractivity contribution >= 4 is 11.9 Å². The highest BCUT2D eigenvalue weighted by Gasteiger charge is 2.27. The molecule has 1 aliphatic heterocycles. The molecule has 2 rings (SSSR count). The Morgan fingerprint density at radius 3 is 2.87 bits per heavy atom. The smallest absolute Gasteiger partial charge is 0.407 e. The van der Waals surface area contributed by atoms with Crippen molar-refractivity contribution in [2.45, 2.75) is 59.1 Å². The van der Waals surface area contributed by atoms with Crippen molar-refractivity contribution in [3.05, 3.63) is 18.1 Å². The molecule has 1 aromatic rings. The number of rotatable bonds is 3. The second-order valence-electron chi connectivity index (χ2n) is 7.25. The number of carbonyl (C=O) groups excluding carboxylic acids is 1. The van der Waals surface area contributed by atoms with Gasteiger partial charge in [-0.1, -0.05) is 0 Å². The van der Waals surface area contributed by atoms with Crippen LogP contribution in [0.4, 0.5) is 10.6 Å². The van der Waals surface area contributed by atoms with Gasteiger partial charge in [0.25, 0.3) is 0 Å². The van der Waals surface area contributed by atoms with E-state index in [0.717, 1.165) is 37.6 Å². The summed E-state index contributed by atoms with van der Waals surface area (Å²) in [5.74, 6) is 2.13. The summed E-state index contributed by atoms with van der Waals surface area (Å²) in [7, 11) is 0. The van der Waals surface area contributed by atoms with E-state index in [1.54, 1.807) is 6.20 Å². The van der Waals surface area contributed by atoms with Crippen LogP contribution in [0.25, 0.3) is 0 Å². The molecule has 0 aromatic carbocycles. The Bertz CT molecular complexity index is 542. The largest absolute Gasteiger partial charge is 0.444 e. The maximum Gasteiger partial charge on any atom is 0.407 e. The molecule has 1 saturated heterocycles. The van der Waals surface area contributed by atoms with E-state index in [4.69, 9.17) is 4.74 Å². The van der Waals surface area contributed by atoms with E-state index in [1.165, 1.54) is 0 Å². The molecule has 1 N–H and O–H groups in total. The lowest BCUT2D eigenvalue weighted by molar-refractivity contribution is 0.0489. The summed E-state index contributed by atoms with van der Waals surface area (Å²) in [5.41, 5.74) is -0.471. The first kappa shape index (κ1) is 17.5. The van der Waals surface area contributed by atoms with Gasteiger partial charge < -0.3 is 15.0 Å². The molecule has 6 heteroatoms. The average Bonchev–Trinajstić information content (AvgIpc) is 2.45. The molecule has 6 nitrogen and oxygen atoms in total. The van der Waals surface area contributed by atoms with E-state index in [-0.39, 0.29) is 12.1 Å². The lowest BCUT2D eigenvalue weighted by atomic mass is 9.91. The van der Waals surface area contributed by atoms with Crippen LogP contribution in [0.15, 0.2) is 12.3 Å². The van der Waals surface area contributed by atoms with Crippen molar-refractivity contribution < 1.29 is 9.53 Å². The zero-order chi connectivity index (χ0) is 17.0. The molecule has 0 aliphatic carbocycles. The highest BCUT2D eigenvalue weighted by Crippen LogP contribution is 2.24. The van der Waals surface area contributed by atoms with Crippen LogP contribution in [0, 0.1) is 12.8 Å². The fourth-order valence-electron chi connectivity index (χ4n) is 2.86. The van der Waals surface area contributed by atoms with Gasteiger partial charge in [0.05, 0.1) is 0 Å². The van der Waals surface area contributed by atoms with Crippen LogP contribution in [0.2, 0.25) is 0 Å². The van der Waals surface area contributed by atoms with Gasteiger partial charge in [0.15, 0.2) is 0 Å². The normalized spacial score (nSPS) is 20.0. The van der Waals surface area contributed by atoms with Gasteiger partial charge in [-0.3, -0.25) is 0 Å². The van der Waals surface area contributed by atoms with Crippen LogP contribution >= 0.6 is 0 Å². The van der Waals surface area contributed by atoms with Gasteiger partial charge in [0, 0.05) is 25.3 Å². The van der Waals surface area contributed by atoms with Crippen molar-refractivity contribution in [3.8, 4) is 0 Å². The Balaban J connectivity index is 1.94. The number of carbonyl (C=O) groups is 1. The molecule has 0 radical (unpaired) electrons. The standard InChI is InChI=1S/C17H28N4O2/c1-12(19-16(22)23-17(3,4)5)14-7-6-10-21(11-14)15-8-9-18-13(2)20-15/h8-9,12,14H,6-7,10-11H2,1-5H3,(H,19,22)/t12-,14-/m0/s1. The van der Waals surface area contributed by atoms with E-state index in [0.29, 0.717) is 5.92 Å². The molecular weight excluding hydrogens is 292 g/mol. The number of anilines is 1. The summed E-state index contributed by atoms with van der Waals surface area (Å²) >= 11 is 0. The fraction of sp³-hybridized carbons (Fsp3) is 0.706. The molecular formula is C17H28N4O2. The highest BCUT2D eigenvalue weighted by atomic mass is 16.6. The number of nitrogens with zero attached hydrogens (tertiary/aromatic N) is 3. The van der Waals surface area contributed by atoms with E-state index >= 15 is 0 Å². The molecule has 0 saturated carbocycles. The number of nitrogens with one attached hydrogen (secondary N) is 1. The Hall–Kier alpha value is -1.85. The van der Waals surface area contributed by atoms with Gasteiger partial charge in [-0.15, -0.1) is 0 Å². The minimum atomic E-state index is -0.471. The summed E-state index contributed by atoms with van der Waals surface area (Å²) in [4.78, 5) is 22.9. The summed E-state index contributed by atoms with van der Waals surface area (Å²) in [6.45, 7) is 11.4. The summed E-state index contributed by atoms with van der Waals surface area (Å²) in [6, 6.07) is 2.01. The van der Waals surface area contributed by atoms with Crippen LogP contribution in [0.1, 0.15) is 46.4 Å². The molecule has 2 atom stereocenters. The van der Waals surface area contributed by atoms with Gasteiger partial charge in [0.2, 0.25) is 0 Å². The second kappa shape index (κ2) is 7.15. The predicted octanol–water partition coefficient (Wildman–Crippen LogP) is 2.91. The lowest BCUT2D eigenvalue weighted by Gasteiger charge is -2.36. The van der Waals surface area contributed by atoms with Gasteiger partial charge in [-0.2, -0.15) is 0 Å². The molecule has 1 aliphatic rings. The number of alkyl carbamates (subject to hydrolysis) is 1. The van der Waals surface area contributed by atoms with Crippen LogP contribution in [-0.4, -0.2) is 40.8 Å². The molecule has 0 spiro atoms. The zero-order valence-electron chi connectivity index (χ0n) is 14.8. The second-order valence-corrected chi connectivity index (χ2v) is 7.25. The molecule has 0 bridgehead atoms. The predicted molar refractivity (Wildman–Crippen MR) is 90.5 cm³/mol. The number of amides is 1. The fourth-order valence-corrected chi connectivity index (χ4v) is 2.86. The van der Waals surface area contributed by atoms with Crippen molar-refractivity contribution in [3.63, 3.8) is 0 Å². The Kier molecular flexibility index (Phi) is 5.44. The van der Waals surface area contributed by atoms with Gasteiger partial charge in [-0.25, -0.2) is 14.8 Å². The first-order valence-electron chi connectivity index (χ1n) is 8.29. The number of piperidine rings is 1. The number of hydrogen-bond acceptors (Lipinski definition) is 5. The summed E-state index contributed by atoms with van der Waals surface area (Å²) < 4.78 is 5.34. The van der Waals surface area contributed by atoms with E-state index in [9.17, 15) is 4.79 Å². The van der Waals surface area contributed by atoms with Crippen molar-refractivity contribution in [1.82, 2.24) is 15.3 Å². The first-order valence-corrected chi connectivity index (χ1v) is 8.29. The zero-order valence-corrected chi connectivity index (χ0v) is 14.8. The summed E-state index contributed by atoms with van der Waals surface area (Å²) in [5, 5.41) is 2.97. The van der Waals surface area contributed by atoms with Gasteiger partial charge in [0.1, 0.15) is 17.2 Å². The third kappa shape index (κ3) is 5.37. The monoisotopic (exact) mass is 320 g/mol. The molecule has 0 unspecified atom stereocenters. The Labute approximate surface area is 138 Å². The van der Waals surface area contributed by atoms with Gasteiger partial charge in [-0.05, 0) is 59.4 Å². The molecule has 128 valence electrons. The maximum absolute atomic E-state index is 11.9. The minimum Gasteiger partial charge on any atom is -0.444 e. The van der Waals surface area contributed by atoms with Crippen molar-refractivity contribution in [2.24, 2.45) is 5.92 Å². The van der Waals surface area contributed by atoms with Crippen molar-refractivity contribution in [1.29, 1.82) is 0 Å². The molecule has 2 heterocycles. The molecule has 1 fully saturated rings. The van der Waals surface area contributed by atoms with Gasteiger partial charge >= 0.3 is 6.09 Å². The van der Waals surface area contributed by atoms with Crippen LogP contribution in [-0.2, 0) is 4.74 Å². The minimum absolute atomic E-state index is 0.0654. The van der Waals surface area contributed by atoms with Crippen molar-refractivity contribution in [2.75, 3.05) is 18.0 Å². The van der Waals surface area contributed by atoms with E-state index in [1.807, 2.05) is 40.7 Å². The SMILES string of the molecule is Cc1nccc(N2CCC[C@H]([C@H](C)NC(=O)OC(C)(C)C)C2)n1. The highest BCUT2D eigenvalue weighted by molar-refractivity contribution is 5.68. The third-order valence-corrected chi connectivity index (χ3v) is 3.99. The third-order valence-electron chi connectivity index (χ3n) is 3.99. The lowest BCUT2D eigenvalue weighted by Crippen LogP contribution is -2.47. The molecule has 23 heavy (non-hydrogen) atoms. The quantitative estimate of drug-likeness (QED) is 0.927. The number of hydrogen-bond donors (Lipinski definition) is 1. The van der Waals surface area contributed by atoms with Crippen LogP contribution in [0.5, 0.6) is 0 Å². The number of aromatic nitrogens is 2. The molecule has 1 aromatic heterocycles. The number of ether oxygens (including phenoxy) is 1. The van der Waals surface area contributed by atoms with E-state index in [2.05, 4.69) is 20.2 Å². The Morgan fingerprint density at radius 2 is 2.22 bits per heavy atom. The topological polar surface area (TPSA) is 67.4 Å². The number of aryl methyl sites for hydroxylation is 1. The first-order chi connectivity index (χ1) is 10.7. The molecule has 1 amide bonds. The summed E-state index contributed by atoms with van der Waals surface area (Å²) in [6.07, 6.45) is 3.63. The Morgan fingerprint density at radius 1 is 1.48 bits per heavy atom. The van der Waals surface area contributed by atoms with Crippen LogP contribution < -0.4 is 10.2 Å². The maximum atomic E-state index is 11.9.